The smallest absolute Gasteiger partial charge is 0.244 e. The van der Waals surface area contributed by atoms with Gasteiger partial charge in [-0.15, -0.1) is 12.4 Å². The number of benzene rings is 1. The number of amides is 1. The molecular weight excluding hydrogens is 347 g/mol. The van der Waals surface area contributed by atoms with Gasteiger partial charge in [0.05, 0.1) is 18.4 Å². The maximum atomic E-state index is 14.4. The van der Waals surface area contributed by atoms with E-state index in [-0.39, 0.29) is 24.4 Å². The SMILES string of the molecule is Cc1cc(C)n(-c2ccc(NC(=O)[C@H]3NCCO[C@@H]3C)cc2F)n1.Cl. The lowest BCUT2D eigenvalue weighted by Gasteiger charge is -2.29. The van der Waals surface area contributed by atoms with Gasteiger partial charge >= 0.3 is 0 Å². The Morgan fingerprint density at radius 2 is 2.16 bits per heavy atom. The summed E-state index contributed by atoms with van der Waals surface area (Å²) in [6, 6.07) is 6.01. The van der Waals surface area contributed by atoms with Crippen molar-refractivity contribution in [2.75, 3.05) is 18.5 Å². The van der Waals surface area contributed by atoms with Crippen LogP contribution in [-0.4, -0.2) is 41.0 Å². The highest BCUT2D eigenvalue weighted by Gasteiger charge is 2.28. The van der Waals surface area contributed by atoms with Crippen LogP contribution in [0.3, 0.4) is 0 Å². The van der Waals surface area contributed by atoms with Crippen LogP contribution in [0.1, 0.15) is 18.3 Å². The number of aryl methyl sites for hydroxylation is 2. The molecule has 1 saturated heterocycles. The zero-order chi connectivity index (χ0) is 17.3. The monoisotopic (exact) mass is 368 g/mol. The van der Waals surface area contributed by atoms with E-state index in [4.69, 9.17) is 4.74 Å². The number of hydrogen-bond donors (Lipinski definition) is 2. The summed E-state index contributed by atoms with van der Waals surface area (Å²) in [5, 5.41) is 10.1. The first-order valence-corrected chi connectivity index (χ1v) is 7.95. The van der Waals surface area contributed by atoms with Crippen LogP contribution < -0.4 is 10.6 Å². The van der Waals surface area contributed by atoms with Crippen molar-refractivity contribution in [3.8, 4) is 5.69 Å². The molecule has 0 radical (unpaired) electrons. The Morgan fingerprint density at radius 1 is 1.40 bits per heavy atom. The van der Waals surface area contributed by atoms with Gasteiger partial charge in [0.1, 0.15) is 11.7 Å². The molecule has 25 heavy (non-hydrogen) atoms. The Hall–Kier alpha value is -1.96. The molecule has 0 unspecified atom stereocenters. The molecule has 2 heterocycles. The number of hydrogen-bond acceptors (Lipinski definition) is 4. The number of aromatic nitrogens is 2. The lowest BCUT2D eigenvalue weighted by Crippen LogP contribution is -2.53. The van der Waals surface area contributed by atoms with E-state index < -0.39 is 11.9 Å². The van der Waals surface area contributed by atoms with E-state index in [0.717, 1.165) is 11.4 Å². The minimum Gasteiger partial charge on any atom is -0.375 e. The molecule has 1 fully saturated rings. The molecule has 1 aliphatic rings. The third-order valence-electron chi connectivity index (χ3n) is 4.05. The molecule has 2 N–H and O–H groups in total. The topological polar surface area (TPSA) is 68.2 Å². The molecule has 1 aromatic carbocycles. The van der Waals surface area contributed by atoms with Gasteiger partial charge in [-0.25, -0.2) is 9.07 Å². The predicted octanol–water partition coefficient (Wildman–Crippen LogP) is 2.37. The lowest BCUT2D eigenvalue weighted by atomic mass is 10.1. The highest BCUT2D eigenvalue weighted by atomic mass is 35.5. The first-order valence-electron chi connectivity index (χ1n) is 7.95. The number of rotatable bonds is 3. The van der Waals surface area contributed by atoms with Crippen molar-refractivity contribution in [3.05, 3.63) is 41.5 Å². The molecule has 8 heteroatoms. The molecule has 1 aliphatic heterocycles. The van der Waals surface area contributed by atoms with Crippen molar-refractivity contribution in [1.82, 2.24) is 15.1 Å². The number of nitrogens with zero attached hydrogens (tertiary/aromatic N) is 2. The van der Waals surface area contributed by atoms with E-state index >= 15 is 0 Å². The largest absolute Gasteiger partial charge is 0.375 e. The van der Waals surface area contributed by atoms with Crippen LogP contribution in [-0.2, 0) is 9.53 Å². The van der Waals surface area contributed by atoms with Gasteiger partial charge in [-0.3, -0.25) is 4.79 Å². The summed E-state index contributed by atoms with van der Waals surface area (Å²) in [6.45, 7) is 6.76. The molecule has 0 aliphatic carbocycles. The Kier molecular flexibility index (Phi) is 6.16. The van der Waals surface area contributed by atoms with E-state index in [1.807, 2.05) is 26.8 Å². The summed E-state index contributed by atoms with van der Waals surface area (Å²) in [6.07, 6.45) is -0.224. The number of carbonyl (C=O) groups excluding carboxylic acids is 1. The lowest BCUT2D eigenvalue weighted by molar-refractivity contribution is -0.123. The highest BCUT2D eigenvalue weighted by molar-refractivity contribution is 5.95. The summed E-state index contributed by atoms with van der Waals surface area (Å²) >= 11 is 0. The summed E-state index contributed by atoms with van der Waals surface area (Å²) in [7, 11) is 0. The van der Waals surface area contributed by atoms with Crippen molar-refractivity contribution >= 4 is 24.0 Å². The number of morpholine rings is 1. The Morgan fingerprint density at radius 3 is 2.76 bits per heavy atom. The molecule has 2 atom stereocenters. The minimum atomic E-state index is -0.447. The molecular formula is C17H22ClFN4O2. The van der Waals surface area contributed by atoms with E-state index in [1.165, 1.54) is 6.07 Å². The molecule has 3 rings (SSSR count). The van der Waals surface area contributed by atoms with Gasteiger partial charge in [-0.1, -0.05) is 0 Å². The quantitative estimate of drug-likeness (QED) is 0.872. The summed E-state index contributed by atoms with van der Waals surface area (Å²) in [5.41, 5.74) is 2.43. The van der Waals surface area contributed by atoms with E-state index in [9.17, 15) is 9.18 Å². The molecule has 0 spiro atoms. The second-order valence-corrected chi connectivity index (χ2v) is 6.00. The fourth-order valence-corrected chi connectivity index (χ4v) is 2.88. The maximum absolute atomic E-state index is 14.4. The average molecular weight is 369 g/mol. The van der Waals surface area contributed by atoms with Crippen molar-refractivity contribution in [1.29, 1.82) is 0 Å². The molecule has 1 amide bonds. The molecule has 0 saturated carbocycles. The number of nitrogens with one attached hydrogen (secondary N) is 2. The van der Waals surface area contributed by atoms with Gasteiger partial charge < -0.3 is 15.4 Å². The molecule has 0 bridgehead atoms. The van der Waals surface area contributed by atoms with Crippen LogP contribution in [0, 0.1) is 19.7 Å². The third kappa shape index (κ3) is 4.18. The number of ether oxygens (including phenoxy) is 1. The minimum absolute atomic E-state index is 0. The van der Waals surface area contributed by atoms with Crippen molar-refractivity contribution in [3.63, 3.8) is 0 Å². The van der Waals surface area contributed by atoms with Crippen LogP contribution >= 0.6 is 12.4 Å². The van der Waals surface area contributed by atoms with Gasteiger partial charge in [-0.05, 0) is 45.0 Å². The van der Waals surface area contributed by atoms with E-state index in [2.05, 4.69) is 15.7 Å². The number of carbonyl (C=O) groups is 1. The molecule has 2 aromatic rings. The van der Waals surface area contributed by atoms with Gasteiger partial charge in [0.15, 0.2) is 5.82 Å². The van der Waals surface area contributed by atoms with E-state index in [1.54, 1.807) is 16.8 Å². The zero-order valence-corrected chi connectivity index (χ0v) is 15.2. The van der Waals surface area contributed by atoms with Gasteiger partial charge in [0.25, 0.3) is 0 Å². The Bertz CT molecular complexity index is 765. The first kappa shape index (κ1) is 19.4. The normalized spacial score (nSPS) is 20.0. The average Bonchev–Trinajstić information content (AvgIpc) is 2.86. The highest BCUT2D eigenvalue weighted by Crippen LogP contribution is 2.20. The summed E-state index contributed by atoms with van der Waals surface area (Å²) < 4.78 is 21.4. The van der Waals surface area contributed by atoms with Gasteiger partial charge in [-0.2, -0.15) is 5.10 Å². The van der Waals surface area contributed by atoms with Crippen molar-refractivity contribution in [2.24, 2.45) is 0 Å². The third-order valence-corrected chi connectivity index (χ3v) is 4.05. The first-order chi connectivity index (χ1) is 11.5. The predicted molar refractivity (Wildman–Crippen MR) is 96.1 cm³/mol. The fraction of sp³-hybridized carbons (Fsp3) is 0.412. The van der Waals surface area contributed by atoms with Crippen molar-refractivity contribution < 1.29 is 13.9 Å². The second-order valence-electron chi connectivity index (χ2n) is 6.00. The fourth-order valence-electron chi connectivity index (χ4n) is 2.88. The summed E-state index contributed by atoms with van der Waals surface area (Å²) in [4.78, 5) is 12.3. The maximum Gasteiger partial charge on any atom is 0.244 e. The van der Waals surface area contributed by atoms with Crippen LogP contribution in [0.15, 0.2) is 24.3 Å². The van der Waals surface area contributed by atoms with Crippen LogP contribution in [0.5, 0.6) is 0 Å². The van der Waals surface area contributed by atoms with Crippen LogP contribution in [0.25, 0.3) is 5.69 Å². The van der Waals surface area contributed by atoms with Crippen LogP contribution in [0.4, 0.5) is 10.1 Å². The number of halogens is 2. The van der Waals surface area contributed by atoms with Gasteiger partial charge in [0.2, 0.25) is 5.91 Å². The molecule has 1 aromatic heterocycles. The van der Waals surface area contributed by atoms with Crippen LogP contribution in [0.2, 0.25) is 0 Å². The Labute approximate surface area is 152 Å². The summed E-state index contributed by atoms with van der Waals surface area (Å²) in [5.74, 6) is -0.680. The zero-order valence-electron chi connectivity index (χ0n) is 14.4. The second kappa shape index (κ2) is 7.95. The molecule has 136 valence electrons. The van der Waals surface area contributed by atoms with Gasteiger partial charge in [0, 0.05) is 17.9 Å². The number of anilines is 1. The van der Waals surface area contributed by atoms with Crippen molar-refractivity contribution in [2.45, 2.75) is 32.9 Å². The molecule has 6 nitrogen and oxygen atoms in total. The Balaban J connectivity index is 0.00000225. The standard InChI is InChI=1S/C17H21FN4O2.ClH/c1-10-8-11(2)22(21-10)15-5-4-13(9-14(15)18)20-17(23)16-12(3)24-7-6-19-16;/h4-5,8-9,12,16,19H,6-7H2,1-3H3,(H,20,23);1H/t12-,16+;/m1./s1. The van der Waals surface area contributed by atoms with E-state index in [0.29, 0.717) is 24.5 Å².